The Morgan fingerprint density at radius 3 is 1.79 bits per heavy atom. The van der Waals surface area contributed by atoms with Gasteiger partial charge >= 0.3 is 5.97 Å². The normalized spacial score (nSPS) is 15.1. The average molecular weight is 200 g/mol. The van der Waals surface area contributed by atoms with E-state index in [1.807, 2.05) is 0 Å². The summed E-state index contributed by atoms with van der Waals surface area (Å²) in [7, 11) is 1.17. The van der Waals surface area contributed by atoms with E-state index in [4.69, 9.17) is 0 Å². The first-order chi connectivity index (χ1) is 6.57. The summed E-state index contributed by atoms with van der Waals surface area (Å²) in [5.41, 5.74) is 0. The molecule has 0 N–H and O–H groups in total. The Labute approximate surface area is 83.6 Å². The van der Waals surface area contributed by atoms with Crippen molar-refractivity contribution >= 4 is 17.5 Å². The number of hydrogen-bond donors (Lipinski definition) is 0. The predicted octanol–water partition coefficient (Wildman–Crippen LogP) is 1.27. The quantitative estimate of drug-likeness (QED) is 0.472. The van der Waals surface area contributed by atoms with Gasteiger partial charge in [-0.1, -0.05) is 6.42 Å². The van der Waals surface area contributed by atoms with Gasteiger partial charge < -0.3 is 4.74 Å². The molecule has 0 heterocycles. The van der Waals surface area contributed by atoms with E-state index in [1.54, 1.807) is 0 Å². The number of rotatable bonds is 1. The second-order valence-electron chi connectivity index (χ2n) is 3.15. The number of Topliss-reactive ketones (excluding diaryl/α,β-unsaturated/α-hetero) is 2. The Hall–Kier alpha value is -1.19. The number of esters is 1. The topological polar surface area (TPSA) is 60.4 Å². The lowest BCUT2D eigenvalue weighted by Crippen LogP contribution is -2.10. The third kappa shape index (κ3) is 6.34. The van der Waals surface area contributed by atoms with Crippen molar-refractivity contribution in [1.82, 2.24) is 0 Å². The molecule has 0 aromatic carbocycles. The molecule has 0 aliphatic heterocycles. The smallest absolute Gasteiger partial charge is 0.374 e. The van der Waals surface area contributed by atoms with Gasteiger partial charge in [-0.3, -0.25) is 9.59 Å². The highest BCUT2D eigenvalue weighted by atomic mass is 16.5. The van der Waals surface area contributed by atoms with Crippen molar-refractivity contribution in [2.75, 3.05) is 7.11 Å². The molecule has 0 bridgehead atoms. The van der Waals surface area contributed by atoms with Crippen LogP contribution in [-0.2, 0) is 19.1 Å². The molecule has 1 aliphatic rings. The fourth-order valence-corrected chi connectivity index (χ4v) is 1.09. The van der Waals surface area contributed by atoms with Crippen molar-refractivity contribution in [1.29, 1.82) is 0 Å². The van der Waals surface area contributed by atoms with Crippen molar-refractivity contribution in [2.45, 2.75) is 39.0 Å². The standard InChI is InChI=1S/C6H10O.C4H6O3/c7-6-4-2-1-3-5-6;1-3(5)4(6)7-2/h1-5H2;1-2H3. The molecule has 80 valence electrons. The van der Waals surface area contributed by atoms with Crippen LogP contribution in [0.1, 0.15) is 39.0 Å². The molecule has 0 atom stereocenters. The van der Waals surface area contributed by atoms with Gasteiger partial charge in [-0.15, -0.1) is 0 Å². The van der Waals surface area contributed by atoms with Crippen molar-refractivity contribution in [3.05, 3.63) is 0 Å². The average Bonchev–Trinajstić information content (AvgIpc) is 2.18. The van der Waals surface area contributed by atoms with Crippen LogP contribution in [0.5, 0.6) is 0 Å². The Balaban J connectivity index is 0.000000241. The predicted molar refractivity (Wildman–Crippen MR) is 50.8 cm³/mol. The monoisotopic (exact) mass is 200 g/mol. The van der Waals surface area contributed by atoms with E-state index in [0.29, 0.717) is 5.78 Å². The molecule has 1 rings (SSSR count). The minimum absolute atomic E-state index is 0.464. The molecule has 0 unspecified atom stereocenters. The van der Waals surface area contributed by atoms with Gasteiger partial charge in [0.1, 0.15) is 5.78 Å². The van der Waals surface area contributed by atoms with Crippen LogP contribution in [0.3, 0.4) is 0 Å². The van der Waals surface area contributed by atoms with E-state index < -0.39 is 11.8 Å². The maximum atomic E-state index is 10.5. The summed E-state index contributed by atoms with van der Waals surface area (Å²) in [4.78, 5) is 30.3. The maximum Gasteiger partial charge on any atom is 0.374 e. The van der Waals surface area contributed by atoms with E-state index in [9.17, 15) is 14.4 Å². The number of carbonyl (C=O) groups excluding carboxylic acids is 3. The highest BCUT2D eigenvalue weighted by molar-refractivity contribution is 6.32. The first-order valence-corrected chi connectivity index (χ1v) is 4.68. The molecule has 0 radical (unpaired) electrons. The molecule has 0 aromatic heterocycles. The lowest BCUT2D eigenvalue weighted by atomic mass is 10.00. The Bertz CT molecular complexity index is 212. The lowest BCUT2D eigenvalue weighted by molar-refractivity contribution is -0.150. The zero-order valence-electron chi connectivity index (χ0n) is 8.67. The fourth-order valence-electron chi connectivity index (χ4n) is 1.09. The summed E-state index contributed by atoms with van der Waals surface area (Å²) < 4.78 is 4.02. The van der Waals surface area contributed by atoms with Gasteiger partial charge in [0.05, 0.1) is 7.11 Å². The highest BCUT2D eigenvalue weighted by Gasteiger charge is 2.06. The summed E-state index contributed by atoms with van der Waals surface area (Å²) in [6.45, 7) is 1.16. The maximum absolute atomic E-state index is 10.5. The van der Waals surface area contributed by atoms with Gasteiger partial charge in [0, 0.05) is 19.8 Å². The molecule has 1 aliphatic carbocycles. The van der Waals surface area contributed by atoms with E-state index in [-0.39, 0.29) is 0 Å². The number of carbonyl (C=O) groups is 3. The number of ketones is 2. The molecular formula is C10H16O4. The van der Waals surface area contributed by atoms with Crippen LogP contribution in [0.4, 0.5) is 0 Å². The molecule has 0 amide bonds. The van der Waals surface area contributed by atoms with Gasteiger partial charge in [0.25, 0.3) is 0 Å². The second kappa shape index (κ2) is 7.24. The van der Waals surface area contributed by atoms with Gasteiger partial charge in [-0.2, -0.15) is 0 Å². The molecule has 0 aromatic rings. The van der Waals surface area contributed by atoms with E-state index in [2.05, 4.69) is 4.74 Å². The molecule has 1 saturated carbocycles. The minimum atomic E-state index is -0.792. The Kier molecular flexibility index (Phi) is 6.62. The van der Waals surface area contributed by atoms with Gasteiger partial charge in [-0.05, 0) is 12.8 Å². The third-order valence-electron chi connectivity index (χ3n) is 1.88. The lowest BCUT2D eigenvalue weighted by Gasteiger charge is -2.05. The van der Waals surface area contributed by atoms with Crippen LogP contribution in [-0.4, -0.2) is 24.6 Å². The molecule has 0 saturated heterocycles. The van der Waals surface area contributed by atoms with E-state index >= 15 is 0 Å². The summed E-state index contributed by atoms with van der Waals surface area (Å²) in [5.74, 6) is -0.895. The number of ether oxygens (including phenoxy) is 1. The number of hydrogen-bond acceptors (Lipinski definition) is 4. The Morgan fingerprint density at radius 2 is 1.64 bits per heavy atom. The van der Waals surface area contributed by atoms with Crippen LogP contribution >= 0.6 is 0 Å². The van der Waals surface area contributed by atoms with E-state index in [0.717, 1.165) is 32.6 Å². The van der Waals surface area contributed by atoms with Crippen LogP contribution in [0.2, 0.25) is 0 Å². The summed E-state index contributed by atoms with van der Waals surface area (Å²) in [6, 6.07) is 0. The van der Waals surface area contributed by atoms with Gasteiger partial charge in [0.2, 0.25) is 5.78 Å². The molecule has 0 spiro atoms. The largest absolute Gasteiger partial charge is 0.463 e. The molecular weight excluding hydrogens is 184 g/mol. The third-order valence-corrected chi connectivity index (χ3v) is 1.88. The second-order valence-corrected chi connectivity index (χ2v) is 3.15. The van der Waals surface area contributed by atoms with Crippen molar-refractivity contribution in [3.63, 3.8) is 0 Å². The highest BCUT2D eigenvalue weighted by Crippen LogP contribution is 2.12. The SMILES string of the molecule is COC(=O)C(C)=O.O=C1CCCCC1. The molecule has 4 nitrogen and oxygen atoms in total. The van der Waals surface area contributed by atoms with Crippen molar-refractivity contribution in [2.24, 2.45) is 0 Å². The van der Waals surface area contributed by atoms with Crippen LogP contribution in [0, 0.1) is 0 Å². The fraction of sp³-hybridized carbons (Fsp3) is 0.700. The summed E-state index contributed by atoms with van der Waals surface area (Å²) in [5, 5.41) is 0. The van der Waals surface area contributed by atoms with Crippen molar-refractivity contribution in [3.8, 4) is 0 Å². The first kappa shape index (κ1) is 12.8. The summed E-state index contributed by atoms with van der Waals surface area (Å²) in [6.07, 6.45) is 5.24. The Morgan fingerprint density at radius 1 is 1.14 bits per heavy atom. The number of methoxy groups -OCH3 is 1. The van der Waals surface area contributed by atoms with Crippen LogP contribution in [0.25, 0.3) is 0 Å². The van der Waals surface area contributed by atoms with Crippen molar-refractivity contribution < 1.29 is 19.1 Å². The zero-order chi connectivity index (χ0) is 11.0. The van der Waals surface area contributed by atoms with Crippen LogP contribution in [0.15, 0.2) is 0 Å². The molecule has 4 heteroatoms. The molecule has 1 fully saturated rings. The summed E-state index contributed by atoms with van der Waals surface area (Å²) >= 11 is 0. The minimum Gasteiger partial charge on any atom is -0.463 e. The van der Waals surface area contributed by atoms with Gasteiger partial charge in [0.15, 0.2) is 0 Å². The molecule has 14 heavy (non-hydrogen) atoms. The van der Waals surface area contributed by atoms with Gasteiger partial charge in [-0.25, -0.2) is 4.79 Å². The zero-order valence-corrected chi connectivity index (χ0v) is 8.67. The van der Waals surface area contributed by atoms with Crippen LogP contribution < -0.4 is 0 Å². The van der Waals surface area contributed by atoms with E-state index in [1.165, 1.54) is 13.5 Å². The first-order valence-electron chi connectivity index (χ1n) is 4.68.